The number of nitrogens with one attached hydrogen (secondary N) is 1. The van der Waals surface area contributed by atoms with E-state index in [9.17, 15) is 22.4 Å². The van der Waals surface area contributed by atoms with Gasteiger partial charge >= 0.3 is 5.97 Å². The SMILES string of the molecule is C=CCNC(=O)C(C)OC(=O)c1cc(S(N)(=O)=O)ccc1F. The molecule has 1 atom stereocenters. The van der Waals surface area contributed by atoms with Crippen molar-refractivity contribution in [2.45, 2.75) is 17.9 Å². The first-order valence-electron chi connectivity index (χ1n) is 6.08. The molecule has 1 amide bonds. The Kier molecular flexibility index (Phi) is 5.77. The molecule has 7 nitrogen and oxygen atoms in total. The first-order valence-corrected chi connectivity index (χ1v) is 7.63. The van der Waals surface area contributed by atoms with Crippen molar-refractivity contribution in [1.29, 1.82) is 0 Å². The maximum absolute atomic E-state index is 13.6. The van der Waals surface area contributed by atoms with Crippen LogP contribution >= 0.6 is 0 Å². The summed E-state index contributed by atoms with van der Waals surface area (Å²) in [5, 5.41) is 7.30. The number of ether oxygens (including phenoxy) is 1. The largest absolute Gasteiger partial charge is 0.449 e. The second-order valence-electron chi connectivity index (χ2n) is 4.27. The van der Waals surface area contributed by atoms with Crippen molar-refractivity contribution >= 4 is 21.9 Å². The Balaban J connectivity index is 2.94. The fraction of sp³-hybridized carbons (Fsp3) is 0.231. The van der Waals surface area contributed by atoms with E-state index in [1.165, 1.54) is 13.0 Å². The molecule has 0 heterocycles. The summed E-state index contributed by atoms with van der Waals surface area (Å²) in [6.45, 7) is 4.87. The number of hydrogen-bond donors (Lipinski definition) is 2. The summed E-state index contributed by atoms with van der Waals surface area (Å²) in [5.41, 5.74) is -0.630. The normalized spacial score (nSPS) is 12.3. The van der Waals surface area contributed by atoms with Gasteiger partial charge in [0.05, 0.1) is 10.5 Å². The minimum atomic E-state index is -4.10. The second kappa shape index (κ2) is 7.14. The highest BCUT2D eigenvalue weighted by atomic mass is 32.2. The fourth-order valence-corrected chi connectivity index (χ4v) is 1.97. The van der Waals surface area contributed by atoms with E-state index in [4.69, 9.17) is 9.88 Å². The van der Waals surface area contributed by atoms with Gasteiger partial charge in [-0.05, 0) is 25.1 Å². The molecule has 1 aromatic rings. The summed E-state index contributed by atoms with van der Waals surface area (Å²) in [6.07, 6.45) is 0.242. The van der Waals surface area contributed by atoms with Gasteiger partial charge in [-0.25, -0.2) is 22.7 Å². The van der Waals surface area contributed by atoms with E-state index < -0.39 is 44.3 Å². The Morgan fingerprint density at radius 3 is 2.68 bits per heavy atom. The predicted molar refractivity (Wildman–Crippen MR) is 75.9 cm³/mol. The van der Waals surface area contributed by atoms with Crippen molar-refractivity contribution in [3.8, 4) is 0 Å². The summed E-state index contributed by atoms with van der Waals surface area (Å²) in [5.74, 6) is -2.77. The van der Waals surface area contributed by atoms with Crippen molar-refractivity contribution in [2.75, 3.05) is 6.54 Å². The quantitative estimate of drug-likeness (QED) is 0.576. The maximum Gasteiger partial charge on any atom is 0.341 e. The van der Waals surface area contributed by atoms with Gasteiger partial charge in [-0.3, -0.25) is 4.79 Å². The lowest BCUT2D eigenvalue weighted by Crippen LogP contribution is -2.36. The number of rotatable bonds is 6. The molecule has 0 aliphatic carbocycles. The molecule has 0 aliphatic rings. The van der Waals surface area contributed by atoms with Gasteiger partial charge in [-0.2, -0.15) is 0 Å². The van der Waals surface area contributed by atoms with E-state index in [2.05, 4.69) is 11.9 Å². The van der Waals surface area contributed by atoms with Crippen LogP contribution in [0.5, 0.6) is 0 Å². The molecule has 1 rings (SSSR count). The summed E-state index contributed by atoms with van der Waals surface area (Å²) >= 11 is 0. The van der Waals surface area contributed by atoms with Crippen LogP contribution in [0.4, 0.5) is 4.39 Å². The van der Waals surface area contributed by atoms with Crippen LogP contribution in [0.15, 0.2) is 35.7 Å². The van der Waals surface area contributed by atoms with Crippen LogP contribution in [-0.4, -0.2) is 32.9 Å². The highest BCUT2D eigenvalue weighted by molar-refractivity contribution is 7.89. The van der Waals surface area contributed by atoms with Gasteiger partial charge in [0.15, 0.2) is 6.10 Å². The maximum atomic E-state index is 13.6. The molecule has 1 unspecified atom stereocenters. The highest BCUT2D eigenvalue weighted by Crippen LogP contribution is 2.15. The molecule has 0 fully saturated rings. The summed E-state index contributed by atoms with van der Waals surface area (Å²) in [4.78, 5) is 22.9. The van der Waals surface area contributed by atoms with Gasteiger partial charge in [0.2, 0.25) is 10.0 Å². The van der Waals surface area contributed by atoms with E-state index >= 15 is 0 Å². The number of esters is 1. The molecule has 0 spiro atoms. The first-order chi connectivity index (χ1) is 10.2. The molecule has 120 valence electrons. The molecule has 0 aliphatic heterocycles. The van der Waals surface area contributed by atoms with E-state index in [0.717, 1.165) is 18.2 Å². The van der Waals surface area contributed by atoms with Crippen LogP contribution in [0.2, 0.25) is 0 Å². The van der Waals surface area contributed by atoms with E-state index in [1.807, 2.05) is 0 Å². The van der Waals surface area contributed by atoms with Crippen LogP contribution in [-0.2, 0) is 19.6 Å². The second-order valence-corrected chi connectivity index (χ2v) is 5.83. The van der Waals surface area contributed by atoms with Gasteiger partial charge in [0, 0.05) is 6.54 Å². The highest BCUT2D eigenvalue weighted by Gasteiger charge is 2.22. The van der Waals surface area contributed by atoms with Crippen LogP contribution in [0.3, 0.4) is 0 Å². The van der Waals surface area contributed by atoms with Crippen molar-refractivity contribution < 1.29 is 27.1 Å². The third-order valence-electron chi connectivity index (χ3n) is 2.56. The number of carbonyl (C=O) groups is 2. The molecule has 0 radical (unpaired) electrons. The third-order valence-corrected chi connectivity index (χ3v) is 3.47. The molecule has 3 N–H and O–H groups in total. The third kappa shape index (κ3) is 4.64. The van der Waals surface area contributed by atoms with Gasteiger partial charge in [-0.1, -0.05) is 6.08 Å². The number of primary sulfonamides is 1. The number of halogens is 1. The summed E-state index contributed by atoms with van der Waals surface area (Å²) in [7, 11) is -4.10. The molecule has 1 aromatic carbocycles. The molecule has 0 saturated heterocycles. The number of sulfonamides is 1. The minimum absolute atomic E-state index is 0.177. The van der Waals surface area contributed by atoms with Crippen molar-refractivity contribution in [2.24, 2.45) is 5.14 Å². The zero-order valence-electron chi connectivity index (χ0n) is 11.7. The van der Waals surface area contributed by atoms with Crippen molar-refractivity contribution in [1.82, 2.24) is 5.32 Å². The van der Waals surface area contributed by atoms with Crippen molar-refractivity contribution in [3.63, 3.8) is 0 Å². The van der Waals surface area contributed by atoms with Crippen molar-refractivity contribution in [3.05, 3.63) is 42.2 Å². The Bertz CT molecular complexity index is 702. The lowest BCUT2D eigenvalue weighted by molar-refractivity contribution is -0.128. The Morgan fingerprint density at radius 1 is 1.50 bits per heavy atom. The van der Waals surface area contributed by atoms with Gasteiger partial charge < -0.3 is 10.1 Å². The van der Waals surface area contributed by atoms with Gasteiger partial charge in [-0.15, -0.1) is 6.58 Å². The zero-order valence-corrected chi connectivity index (χ0v) is 12.5. The summed E-state index contributed by atoms with van der Waals surface area (Å²) < 4.78 is 40.8. The van der Waals surface area contributed by atoms with Crippen LogP contribution in [0.1, 0.15) is 17.3 Å². The lowest BCUT2D eigenvalue weighted by atomic mass is 10.2. The molecule has 0 bridgehead atoms. The predicted octanol–water partition coefficient (Wildman–Crippen LogP) is 0.321. The topological polar surface area (TPSA) is 116 Å². The summed E-state index contributed by atoms with van der Waals surface area (Å²) in [6, 6.07) is 2.45. The molecular formula is C13H15FN2O5S. The monoisotopic (exact) mass is 330 g/mol. The Labute approximate surface area is 127 Å². The van der Waals surface area contributed by atoms with Crippen LogP contribution in [0.25, 0.3) is 0 Å². The Hall–Kier alpha value is -2.26. The van der Waals surface area contributed by atoms with Gasteiger partial charge in [0.1, 0.15) is 5.82 Å². The minimum Gasteiger partial charge on any atom is -0.449 e. The number of benzene rings is 1. The zero-order chi connectivity index (χ0) is 16.9. The molecule has 9 heteroatoms. The number of carbonyl (C=O) groups excluding carboxylic acids is 2. The Morgan fingerprint density at radius 2 is 2.14 bits per heavy atom. The average molecular weight is 330 g/mol. The fourth-order valence-electron chi connectivity index (χ4n) is 1.43. The molecule has 22 heavy (non-hydrogen) atoms. The first kappa shape index (κ1) is 17.8. The van der Waals surface area contributed by atoms with Crippen LogP contribution in [0, 0.1) is 5.82 Å². The number of nitrogens with two attached hydrogens (primary N) is 1. The van der Waals surface area contributed by atoms with Crippen LogP contribution < -0.4 is 10.5 Å². The molecule has 0 saturated carbocycles. The number of amides is 1. The average Bonchev–Trinajstić information content (AvgIpc) is 2.43. The van der Waals surface area contributed by atoms with E-state index in [1.54, 1.807) is 0 Å². The van der Waals surface area contributed by atoms with E-state index in [0.29, 0.717) is 0 Å². The standard InChI is InChI=1S/C13H15FN2O5S/c1-3-6-16-12(17)8(2)21-13(18)10-7-9(22(15,19)20)4-5-11(10)14/h3-5,7-8H,1,6H2,2H3,(H,16,17)(H2,15,19,20). The molecule has 0 aromatic heterocycles. The van der Waals surface area contributed by atoms with Gasteiger partial charge in [0.25, 0.3) is 5.91 Å². The van der Waals surface area contributed by atoms with E-state index in [-0.39, 0.29) is 6.54 Å². The number of hydrogen-bond acceptors (Lipinski definition) is 5. The lowest BCUT2D eigenvalue weighted by Gasteiger charge is -2.13. The molecular weight excluding hydrogens is 315 g/mol. The smallest absolute Gasteiger partial charge is 0.341 e.